The zero-order chi connectivity index (χ0) is 17.6. The van der Waals surface area contributed by atoms with E-state index in [1.54, 1.807) is 24.3 Å². The number of hydrogen-bond acceptors (Lipinski definition) is 4. The first kappa shape index (κ1) is 18.0. The molecule has 130 valence electrons. The van der Waals surface area contributed by atoms with Gasteiger partial charge in [-0.2, -0.15) is 0 Å². The molecule has 1 aromatic carbocycles. The Balaban J connectivity index is 2.15. The highest BCUT2D eigenvalue weighted by Crippen LogP contribution is 2.38. The number of carboxylic acids is 1. The van der Waals surface area contributed by atoms with E-state index in [0.717, 1.165) is 25.7 Å². The summed E-state index contributed by atoms with van der Waals surface area (Å²) in [6.07, 6.45) is 4.57. The maximum Gasteiger partial charge on any atom is 0.339 e. The molecule has 0 atom stereocenters. The lowest BCUT2D eigenvalue weighted by Crippen LogP contribution is -2.35. The number of ether oxygens (including phenoxy) is 1. The first-order valence-corrected chi connectivity index (χ1v) is 8.19. The Morgan fingerprint density at radius 3 is 2.33 bits per heavy atom. The summed E-state index contributed by atoms with van der Waals surface area (Å²) < 4.78 is 4.70. The Morgan fingerprint density at radius 1 is 1.12 bits per heavy atom. The molecule has 1 fully saturated rings. The average Bonchev–Trinajstić information content (AvgIpc) is 2.81. The van der Waals surface area contributed by atoms with Crippen LogP contribution in [0.3, 0.4) is 0 Å². The standard InChI is InChI=1S/C18H23NO5/c1-24-16(21)13-8-4-5-9-14(13)19-15(20)12-18(17(22)23)10-6-2-3-7-11-18/h4-5,8-9H,2-3,6-7,10-12H2,1H3,(H,19,20)(H,22,23). The van der Waals surface area contributed by atoms with Gasteiger partial charge in [-0.05, 0) is 25.0 Å². The van der Waals surface area contributed by atoms with Gasteiger partial charge in [-0.25, -0.2) is 4.79 Å². The third kappa shape index (κ3) is 4.13. The molecule has 24 heavy (non-hydrogen) atoms. The number of amides is 1. The minimum atomic E-state index is -1.01. The van der Waals surface area contributed by atoms with Crippen LogP contribution in [0.1, 0.15) is 55.3 Å². The number of carboxylic acid groups (broad SMARTS) is 1. The number of aliphatic carboxylic acids is 1. The highest BCUT2D eigenvalue weighted by atomic mass is 16.5. The van der Waals surface area contributed by atoms with E-state index >= 15 is 0 Å². The molecule has 6 heteroatoms. The number of carbonyl (C=O) groups is 3. The van der Waals surface area contributed by atoms with Crippen molar-refractivity contribution in [2.75, 3.05) is 12.4 Å². The number of nitrogens with one attached hydrogen (secondary N) is 1. The monoisotopic (exact) mass is 333 g/mol. The molecule has 2 N–H and O–H groups in total. The van der Waals surface area contributed by atoms with Gasteiger partial charge >= 0.3 is 11.9 Å². The molecule has 0 unspecified atom stereocenters. The molecule has 0 radical (unpaired) electrons. The summed E-state index contributed by atoms with van der Waals surface area (Å²) in [6.45, 7) is 0. The zero-order valence-corrected chi connectivity index (χ0v) is 13.8. The van der Waals surface area contributed by atoms with Crippen molar-refractivity contribution < 1.29 is 24.2 Å². The first-order chi connectivity index (χ1) is 11.5. The normalized spacial score (nSPS) is 16.7. The SMILES string of the molecule is COC(=O)c1ccccc1NC(=O)CC1(C(=O)O)CCCCCC1. The minimum absolute atomic E-state index is 0.0855. The van der Waals surface area contributed by atoms with Gasteiger partial charge < -0.3 is 15.2 Å². The molecule has 0 aromatic heterocycles. The van der Waals surface area contributed by atoms with Gasteiger partial charge in [0.05, 0.1) is 23.8 Å². The van der Waals surface area contributed by atoms with Gasteiger partial charge in [0.25, 0.3) is 0 Å². The van der Waals surface area contributed by atoms with Crippen molar-refractivity contribution in [3.05, 3.63) is 29.8 Å². The van der Waals surface area contributed by atoms with E-state index in [1.165, 1.54) is 7.11 Å². The molecular formula is C18H23NO5. The molecule has 1 aromatic rings. The Morgan fingerprint density at radius 2 is 1.75 bits per heavy atom. The Bertz CT molecular complexity index is 618. The van der Waals surface area contributed by atoms with Crippen LogP contribution in [0.25, 0.3) is 0 Å². The quantitative estimate of drug-likeness (QED) is 0.637. The summed E-state index contributed by atoms with van der Waals surface area (Å²) in [7, 11) is 1.27. The third-order valence-electron chi connectivity index (χ3n) is 4.62. The lowest BCUT2D eigenvalue weighted by atomic mass is 9.77. The first-order valence-electron chi connectivity index (χ1n) is 8.19. The topological polar surface area (TPSA) is 92.7 Å². The van der Waals surface area contributed by atoms with Gasteiger partial charge in [0.1, 0.15) is 0 Å². The summed E-state index contributed by atoms with van der Waals surface area (Å²) in [5, 5.41) is 12.3. The van der Waals surface area contributed by atoms with Crippen LogP contribution in [-0.2, 0) is 14.3 Å². The Labute approximate surface area is 141 Å². The fourth-order valence-electron chi connectivity index (χ4n) is 3.25. The maximum atomic E-state index is 12.4. The van der Waals surface area contributed by atoms with Gasteiger partial charge in [0.2, 0.25) is 5.91 Å². The fourth-order valence-corrected chi connectivity index (χ4v) is 3.25. The number of esters is 1. The van der Waals surface area contributed by atoms with Crippen LogP contribution in [0, 0.1) is 5.41 Å². The summed E-state index contributed by atoms with van der Waals surface area (Å²) >= 11 is 0. The number of hydrogen-bond donors (Lipinski definition) is 2. The molecule has 1 aliphatic rings. The lowest BCUT2D eigenvalue weighted by molar-refractivity contribution is -0.152. The number of carbonyl (C=O) groups excluding carboxylic acids is 2. The van der Waals surface area contributed by atoms with Crippen LogP contribution in [0.5, 0.6) is 0 Å². The van der Waals surface area contributed by atoms with Crippen molar-refractivity contribution in [1.29, 1.82) is 0 Å². The summed E-state index contributed by atoms with van der Waals surface area (Å²) in [6, 6.07) is 6.53. The highest BCUT2D eigenvalue weighted by Gasteiger charge is 2.40. The molecule has 0 heterocycles. The Kier molecular flexibility index (Phi) is 5.95. The predicted octanol–water partition coefficient (Wildman–Crippen LogP) is 3.23. The van der Waals surface area contributed by atoms with Crippen molar-refractivity contribution in [2.45, 2.75) is 44.9 Å². The van der Waals surface area contributed by atoms with E-state index in [-0.39, 0.29) is 12.0 Å². The molecule has 0 saturated heterocycles. The van der Waals surface area contributed by atoms with Crippen LogP contribution in [0.4, 0.5) is 5.69 Å². The largest absolute Gasteiger partial charge is 0.481 e. The van der Waals surface area contributed by atoms with Crippen molar-refractivity contribution >= 4 is 23.5 Å². The molecule has 1 amide bonds. The van der Waals surface area contributed by atoms with E-state index in [0.29, 0.717) is 18.5 Å². The zero-order valence-electron chi connectivity index (χ0n) is 13.8. The maximum absolute atomic E-state index is 12.4. The summed E-state index contributed by atoms with van der Waals surface area (Å²) in [5.74, 6) is -1.86. The molecule has 0 bridgehead atoms. The number of rotatable bonds is 5. The van der Waals surface area contributed by atoms with E-state index in [4.69, 9.17) is 4.74 Å². The molecule has 2 rings (SSSR count). The van der Waals surface area contributed by atoms with Gasteiger partial charge in [-0.3, -0.25) is 9.59 Å². The van der Waals surface area contributed by atoms with Crippen LogP contribution >= 0.6 is 0 Å². The predicted molar refractivity (Wildman–Crippen MR) is 88.8 cm³/mol. The third-order valence-corrected chi connectivity index (χ3v) is 4.62. The number of anilines is 1. The van der Waals surface area contributed by atoms with Gasteiger partial charge in [0, 0.05) is 6.42 Å². The van der Waals surface area contributed by atoms with Crippen LogP contribution < -0.4 is 5.32 Å². The van der Waals surface area contributed by atoms with Crippen molar-refractivity contribution in [3.63, 3.8) is 0 Å². The minimum Gasteiger partial charge on any atom is -0.481 e. The van der Waals surface area contributed by atoms with Crippen molar-refractivity contribution in [1.82, 2.24) is 0 Å². The average molecular weight is 333 g/mol. The molecule has 6 nitrogen and oxygen atoms in total. The van der Waals surface area contributed by atoms with Crippen LogP contribution in [0.15, 0.2) is 24.3 Å². The van der Waals surface area contributed by atoms with Crippen LogP contribution in [0.2, 0.25) is 0 Å². The second-order valence-electron chi connectivity index (χ2n) is 6.26. The molecule has 1 aliphatic carbocycles. The molecule has 1 saturated carbocycles. The van der Waals surface area contributed by atoms with Crippen LogP contribution in [-0.4, -0.2) is 30.1 Å². The van der Waals surface area contributed by atoms with E-state index in [1.807, 2.05) is 0 Å². The fraction of sp³-hybridized carbons (Fsp3) is 0.500. The van der Waals surface area contributed by atoms with E-state index < -0.39 is 23.3 Å². The van der Waals surface area contributed by atoms with Gasteiger partial charge in [0.15, 0.2) is 0 Å². The number of benzene rings is 1. The molecule has 0 spiro atoms. The molecular weight excluding hydrogens is 310 g/mol. The second kappa shape index (κ2) is 7.95. The lowest BCUT2D eigenvalue weighted by Gasteiger charge is -2.27. The van der Waals surface area contributed by atoms with E-state index in [2.05, 4.69) is 5.32 Å². The van der Waals surface area contributed by atoms with Crippen molar-refractivity contribution in [2.24, 2.45) is 5.41 Å². The van der Waals surface area contributed by atoms with Crippen molar-refractivity contribution in [3.8, 4) is 0 Å². The summed E-state index contributed by atoms with van der Waals surface area (Å²) in [5.41, 5.74) is -0.428. The number of methoxy groups -OCH3 is 1. The van der Waals surface area contributed by atoms with Gasteiger partial charge in [-0.1, -0.05) is 37.8 Å². The van der Waals surface area contributed by atoms with E-state index in [9.17, 15) is 19.5 Å². The second-order valence-corrected chi connectivity index (χ2v) is 6.26. The highest BCUT2D eigenvalue weighted by molar-refractivity contribution is 6.02. The summed E-state index contributed by atoms with van der Waals surface area (Å²) in [4.78, 5) is 36.0. The smallest absolute Gasteiger partial charge is 0.339 e. The van der Waals surface area contributed by atoms with Gasteiger partial charge in [-0.15, -0.1) is 0 Å². The Hall–Kier alpha value is -2.37. The number of para-hydroxylation sites is 1. The molecule has 0 aliphatic heterocycles.